The van der Waals surface area contributed by atoms with Crippen LogP contribution in [0.25, 0.3) is 6.08 Å². The van der Waals surface area contributed by atoms with E-state index in [-0.39, 0.29) is 16.7 Å². The Hall–Kier alpha value is -1.89. The van der Waals surface area contributed by atoms with Crippen LogP contribution in [0.2, 0.25) is 0 Å². The molecule has 0 bridgehead atoms. The van der Waals surface area contributed by atoms with E-state index in [2.05, 4.69) is 92.7 Å². The van der Waals surface area contributed by atoms with Gasteiger partial charge in [0.1, 0.15) is 6.29 Å². The summed E-state index contributed by atoms with van der Waals surface area (Å²) < 4.78 is 0. The maximum Gasteiger partial charge on any atom is 0.131 e. The summed E-state index contributed by atoms with van der Waals surface area (Å²) in [6.07, 6.45) is 7.86. The van der Waals surface area contributed by atoms with Crippen LogP contribution in [-0.2, 0) is 4.79 Å². The highest BCUT2D eigenvalue weighted by Gasteiger charge is 2.35. The van der Waals surface area contributed by atoms with Gasteiger partial charge in [-0.15, -0.1) is 0 Å². The second kappa shape index (κ2) is 7.02. The molecule has 0 aliphatic heterocycles. The number of aldehydes is 1. The van der Waals surface area contributed by atoms with Crippen molar-refractivity contribution < 1.29 is 4.79 Å². The summed E-state index contributed by atoms with van der Waals surface area (Å²) in [5, 5.41) is 0. The molecule has 0 fully saturated rings. The van der Waals surface area contributed by atoms with Gasteiger partial charge in [0.2, 0.25) is 0 Å². The average Bonchev–Trinajstić information content (AvgIpc) is 2.48. The SMILES string of the molecule is Cc1cc(C)c(C=C2C=C(C(C)(C)C)C(C=O)C(C(C)(C)C)=C2)c(C)c1. The van der Waals surface area contributed by atoms with Gasteiger partial charge >= 0.3 is 0 Å². The molecule has 1 heteroatoms. The lowest BCUT2D eigenvalue weighted by Crippen LogP contribution is -2.28. The predicted octanol–water partition coefficient (Wildman–Crippen LogP) is 6.77. The van der Waals surface area contributed by atoms with Crippen LogP contribution in [0, 0.1) is 37.5 Å². The number of aryl methyl sites for hydroxylation is 3. The molecule has 0 spiro atoms. The summed E-state index contributed by atoms with van der Waals surface area (Å²) >= 11 is 0. The third kappa shape index (κ3) is 4.26. The Labute approximate surface area is 159 Å². The van der Waals surface area contributed by atoms with E-state index in [0.717, 1.165) is 6.29 Å². The van der Waals surface area contributed by atoms with E-state index >= 15 is 0 Å². The number of allylic oxidation sites excluding steroid dienone is 5. The number of hydrogen-bond donors (Lipinski definition) is 0. The molecule has 0 saturated heterocycles. The van der Waals surface area contributed by atoms with Crippen LogP contribution in [0.1, 0.15) is 63.8 Å². The van der Waals surface area contributed by atoms with Crippen LogP contribution in [0.4, 0.5) is 0 Å². The van der Waals surface area contributed by atoms with Gasteiger partial charge in [-0.2, -0.15) is 0 Å². The molecule has 1 nitrogen and oxygen atoms in total. The van der Waals surface area contributed by atoms with Crippen molar-refractivity contribution in [2.45, 2.75) is 62.3 Å². The van der Waals surface area contributed by atoms with Crippen LogP contribution >= 0.6 is 0 Å². The van der Waals surface area contributed by atoms with Crippen molar-refractivity contribution in [2.75, 3.05) is 0 Å². The second-order valence-electron chi connectivity index (χ2n) is 9.77. The van der Waals surface area contributed by atoms with Crippen molar-refractivity contribution in [3.8, 4) is 0 Å². The summed E-state index contributed by atoms with van der Waals surface area (Å²) in [5.41, 5.74) is 8.66. The summed E-state index contributed by atoms with van der Waals surface area (Å²) in [7, 11) is 0. The van der Waals surface area contributed by atoms with E-state index in [1.807, 2.05) is 0 Å². The Morgan fingerprint density at radius 1 is 0.808 bits per heavy atom. The van der Waals surface area contributed by atoms with Gasteiger partial charge in [-0.3, -0.25) is 0 Å². The maximum atomic E-state index is 12.0. The summed E-state index contributed by atoms with van der Waals surface area (Å²) in [5.74, 6) is -0.132. The monoisotopic (exact) mass is 350 g/mol. The molecule has 0 unspecified atom stereocenters. The molecule has 0 radical (unpaired) electrons. The minimum absolute atomic E-state index is 0.0488. The van der Waals surface area contributed by atoms with E-state index in [0.29, 0.717) is 0 Å². The highest BCUT2D eigenvalue weighted by Crippen LogP contribution is 2.45. The first-order valence-corrected chi connectivity index (χ1v) is 9.53. The van der Waals surface area contributed by atoms with Gasteiger partial charge in [0.05, 0.1) is 5.92 Å². The minimum atomic E-state index is -0.132. The molecule has 1 aliphatic rings. The zero-order valence-electron chi connectivity index (χ0n) is 17.9. The molecular formula is C25H34O. The lowest BCUT2D eigenvalue weighted by Gasteiger charge is -2.37. The molecule has 0 saturated carbocycles. The van der Waals surface area contributed by atoms with Crippen molar-refractivity contribution in [1.82, 2.24) is 0 Å². The Morgan fingerprint density at radius 3 is 1.58 bits per heavy atom. The number of hydrogen-bond acceptors (Lipinski definition) is 1. The molecular weight excluding hydrogens is 316 g/mol. The highest BCUT2D eigenvalue weighted by atomic mass is 16.1. The van der Waals surface area contributed by atoms with Crippen molar-refractivity contribution >= 4 is 12.4 Å². The molecule has 0 aromatic heterocycles. The second-order valence-corrected chi connectivity index (χ2v) is 9.77. The van der Waals surface area contributed by atoms with Crippen molar-refractivity contribution in [3.05, 3.63) is 63.3 Å². The third-order valence-electron chi connectivity index (χ3n) is 5.23. The van der Waals surface area contributed by atoms with Crippen LogP contribution < -0.4 is 0 Å². The van der Waals surface area contributed by atoms with Crippen LogP contribution in [0.3, 0.4) is 0 Å². The Balaban J connectivity index is 2.71. The van der Waals surface area contributed by atoms with Gasteiger partial charge in [-0.1, -0.05) is 71.4 Å². The topological polar surface area (TPSA) is 17.1 Å². The van der Waals surface area contributed by atoms with Crippen molar-refractivity contribution in [1.29, 1.82) is 0 Å². The number of rotatable bonds is 2. The third-order valence-corrected chi connectivity index (χ3v) is 5.23. The molecule has 1 aromatic rings. The van der Waals surface area contributed by atoms with Gasteiger partial charge in [0, 0.05) is 0 Å². The molecule has 0 amide bonds. The Morgan fingerprint density at radius 2 is 1.23 bits per heavy atom. The molecule has 2 rings (SSSR count). The molecule has 0 atom stereocenters. The summed E-state index contributed by atoms with van der Waals surface area (Å²) in [4.78, 5) is 12.0. The number of carbonyl (C=O) groups excluding carboxylic acids is 1. The largest absolute Gasteiger partial charge is 0.302 e. The summed E-state index contributed by atoms with van der Waals surface area (Å²) in [6, 6.07) is 4.47. The van der Waals surface area contributed by atoms with Crippen LogP contribution in [0.5, 0.6) is 0 Å². The first kappa shape index (κ1) is 20.4. The van der Waals surface area contributed by atoms with Crippen molar-refractivity contribution in [2.24, 2.45) is 16.7 Å². The zero-order valence-corrected chi connectivity index (χ0v) is 17.9. The normalized spacial score (nSPS) is 18.3. The van der Waals surface area contributed by atoms with Crippen molar-refractivity contribution in [3.63, 3.8) is 0 Å². The first-order valence-electron chi connectivity index (χ1n) is 9.53. The predicted molar refractivity (Wildman–Crippen MR) is 113 cm³/mol. The van der Waals surface area contributed by atoms with E-state index in [1.165, 1.54) is 39.0 Å². The lowest BCUT2D eigenvalue weighted by atomic mass is 9.66. The zero-order chi connectivity index (χ0) is 19.9. The van der Waals surface area contributed by atoms with Gasteiger partial charge in [0.25, 0.3) is 0 Å². The molecule has 1 aliphatic carbocycles. The highest BCUT2D eigenvalue weighted by molar-refractivity contribution is 5.73. The fourth-order valence-corrected chi connectivity index (χ4v) is 3.93. The number of carbonyl (C=O) groups is 1. The van der Waals surface area contributed by atoms with E-state index in [1.54, 1.807) is 0 Å². The molecule has 0 heterocycles. The molecule has 0 N–H and O–H groups in total. The van der Waals surface area contributed by atoms with E-state index < -0.39 is 0 Å². The minimum Gasteiger partial charge on any atom is -0.302 e. The summed E-state index contributed by atoms with van der Waals surface area (Å²) in [6.45, 7) is 19.7. The van der Waals surface area contributed by atoms with E-state index in [4.69, 9.17) is 0 Å². The first-order chi connectivity index (χ1) is 11.8. The fraction of sp³-hybridized carbons (Fsp3) is 0.480. The molecule has 1 aromatic carbocycles. The smallest absolute Gasteiger partial charge is 0.131 e. The van der Waals surface area contributed by atoms with Gasteiger partial charge < -0.3 is 4.79 Å². The van der Waals surface area contributed by atoms with Crippen LogP contribution in [0.15, 0.2) is 41.0 Å². The van der Waals surface area contributed by atoms with E-state index in [9.17, 15) is 4.79 Å². The average molecular weight is 351 g/mol. The molecule has 26 heavy (non-hydrogen) atoms. The molecule has 140 valence electrons. The van der Waals surface area contributed by atoms with Crippen LogP contribution in [-0.4, -0.2) is 6.29 Å². The van der Waals surface area contributed by atoms with Gasteiger partial charge in [-0.05, 0) is 71.1 Å². The lowest BCUT2D eigenvalue weighted by molar-refractivity contribution is -0.109. The Kier molecular flexibility index (Phi) is 5.52. The maximum absolute atomic E-state index is 12.0. The quantitative estimate of drug-likeness (QED) is 0.538. The van der Waals surface area contributed by atoms with Gasteiger partial charge in [-0.25, -0.2) is 0 Å². The number of benzene rings is 1. The standard InChI is InChI=1S/C25H34O/c1-16-10-17(2)20(18(3)11-16)12-19-13-22(24(4,5)6)21(15-26)23(14-19)25(7,8)9/h10-15,21H,1-9H3. The Bertz CT molecular complexity index is 745. The fourth-order valence-electron chi connectivity index (χ4n) is 3.93. The van der Waals surface area contributed by atoms with Gasteiger partial charge in [0.15, 0.2) is 0 Å².